The number of hydrogen-bond acceptors (Lipinski definition) is 4. The summed E-state index contributed by atoms with van der Waals surface area (Å²) in [5.41, 5.74) is 0. The minimum absolute atomic E-state index is 0.706. The monoisotopic (exact) mass is 270 g/mol. The van der Waals surface area contributed by atoms with Crippen LogP contribution in [0.5, 0.6) is 0 Å². The van der Waals surface area contributed by atoms with E-state index in [9.17, 15) is 0 Å². The summed E-state index contributed by atoms with van der Waals surface area (Å²) in [6, 6.07) is 0. The summed E-state index contributed by atoms with van der Waals surface area (Å²) in [5.74, 6) is 0. The van der Waals surface area contributed by atoms with Crippen LogP contribution in [0, 0.1) is 0 Å². The Morgan fingerprint density at radius 3 is 2.72 bits per heavy atom. The summed E-state index contributed by atoms with van der Waals surface area (Å²) >= 11 is 1.69. The molecule has 0 radical (unpaired) electrons. The van der Waals surface area contributed by atoms with E-state index in [4.69, 9.17) is 4.74 Å². The Kier molecular flexibility index (Phi) is 8.86. The van der Waals surface area contributed by atoms with Gasteiger partial charge in [-0.2, -0.15) is 0 Å². The highest BCUT2D eigenvalue weighted by Crippen LogP contribution is 2.18. The molecule has 0 fully saturated rings. The molecule has 4 heteroatoms. The van der Waals surface area contributed by atoms with Gasteiger partial charge in [-0.1, -0.05) is 50.4 Å². The molecule has 0 aromatic carbocycles. The number of hydrogen-bond donors (Lipinski definition) is 1. The highest BCUT2D eigenvalue weighted by Gasteiger charge is 2.00. The third-order valence-electron chi connectivity index (χ3n) is 2.77. The fourth-order valence-electron chi connectivity index (χ4n) is 1.76. The van der Waals surface area contributed by atoms with Gasteiger partial charge in [0.25, 0.3) is 0 Å². The van der Waals surface area contributed by atoms with E-state index in [-0.39, 0.29) is 0 Å². The maximum atomic E-state index is 5.66. The molecule has 0 amide bonds. The molecule has 0 saturated carbocycles. The first kappa shape index (κ1) is 15.4. The van der Waals surface area contributed by atoms with Crippen LogP contribution in [0.4, 0.5) is 5.13 Å². The molecule has 1 heterocycles. The van der Waals surface area contributed by atoms with Crippen molar-refractivity contribution in [3.63, 3.8) is 0 Å². The Balaban J connectivity index is 1.96. The van der Waals surface area contributed by atoms with Gasteiger partial charge in [0.05, 0.1) is 11.5 Å². The summed E-state index contributed by atoms with van der Waals surface area (Å²) < 4.78 is 5.66. The Morgan fingerprint density at radius 2 is 1.94 bits per heavy atom. The average molecular weight is 270 g/mol. The van der Waals surface area contributed by atoms with Crippen molar-refractivity contribution >= 4 is 16.5 Å². The second-order valence-electron chi connectivity index (χ2n) is 4.48. The van der Waals surface area contributed by atoms with Crippen molar-refractivity contribution in [2.75, 3.05) is 18.5 Å². The molecule has 0 aliphatic carbocycles. The highest BCUT2D eigenvalue weighted by molar-refractivity contribution is 7.15. The first-order chi connectivity index (χ1) is 8.86. The molecule has 3 nitrogen and oxygen atoms in total. The predicted molar refractivity (Wildman–Crippen MR) is 79.3 cm³/mol. The summed E-state index contributed by atoms with van der Waals surface area (Å²) in [6.07, 6.45) is 9.79. The Labute approximate surface area is 115 Å². The standard InChI is InChI=1S/C14H26N2OS/c1-3-5-6-7-8-9-10-17-12-13-11-16-14(18-13)15-4-2/h11H,3-10,12H2,1-2H3,(H,15,16). The molecule has 1 N–H and O–H groups in total. The number of ether oxygens (including phenoxy) is 1. The molecular formula is C14H26N2OS. The van der Waals surface area contributed by atoms with Crippen molar-refractivity contribution < 1.29 is 4.74 Å². The first-order valence-corrected chi connectivity index (χ1v) is 7.94. The van der Waals surface area contributed by atoms with Crippen LogP contribution in [0.25, 0.3) is 0 Å². The molecule has 0 aliphatic heterocycles. The normalized spacial score (nSPS) is 10.8. The van der Waals surface area contributed by atoms with Crippen LogP contribution in [-0.4, -0.2) is 18.1 Å². The molecule has 0 spiro atoms. The van der Waals surface area contributed by atoms with E-state index in [2.05, 4.69) is 24.1 Å². The molecular weight excluding hydrogens is 244 g/mol. The van der Waals surface area contributed by atoms with Crippen LogP contribution >= 0.6 is 11.3 Å². The van der Waals surface area contributed by atoms with Crippen LogP contribution in [0.2, 0.25) is 0 Å². The molecule has 0 bridgehead atoms. The molecule has 104 valence electrons. The van der Waals surface area contributed by atoms with E-state index in [0.29, 0.717) is 6.61 Å². The lowest BCUT2D eigenvalue weighted by molar-refractivity contribution is 0.118. The Morgan fingerprint density at radius 1 is 1.17 bits per heavy atom. The lowest BCUT2D eigenvalue weighted by Gasteiger charge is -2.02. The molecule has 0 unspecified atom stereocenters. The van der Waals surface area contributed by atoms with Crippen LogP contribution in [0.15, 0.2) is 6.20 Å². The second kappa shape index (κ2) is 10.3. The maximum Gasteiger partial charge on any atom is 0.182 e. The lowest BCUT2D eigenvalue weighted by atomic mass is 10.1. The Bertz CT molecular complexity index is 302. The topological polar surface area (TPSA) is 34.1 Å². The van der Waals surface area contributed by atoms with Gasteiger partial charge in [0.1, 0.15) is 0 Å². The van der Waals surface area contributed by atoms with E-state index >= 15 is 0 Å². The summed E-state index contributed by atoms with van der Waals surface area (Å²) in [7, 11) is 0. The van der Waals surface area contributed by atoms with Gasteiger partial charge in [0, 0.05) is 19.3 Å². The second-order valence-corrected chi connectivity index (χ2v) is 5.60. The third kappa shape index (κ3) is 6.97. The van der Waals surface area contributed by atoms with Gasteiger partial charge in [-0.15, -0.1) is 0 Å². The van der Waals surface area contributed by atoms with Gasteiger partial charge in [-0.3, -0.25) is 0 Å². The largest absolute Gasteiger partial charge is 0.376 e. The van der Waals surface area contributed by atoms with Crippen molar-refractivity contribution in [3.05, 3.63) is 11.1 Å². The number of unbranched alkanes of at least 4 members (excludes halogenated alkanes) is 5. The fourth-order valence-corrected chi connectivity index (χ4v) is 2.58. The van der Waals surface area contributed by atoms with Crippen LogP contribution < -0.4 is 5.32 Å². The molecule has 1 aromatic heterocycles. The SMILES string of the molecule is CCCCCCCCOCc1cnc(NCC)s1. The minimum Gasteiger partial charge on any atom is -0.376 e. The number of thiazole rings is 1. The van der Waals surface area contributed by atoms with Crippen molar-refractivity contribution in [2.24, 2.45) is 0 Å². The summed E-state index contributed by atoms with van der Waals surface area (Å²) in [4.78, 5) is 5.49. The summed E-state index contributed by atoms with van der Waals surface area (Å²) in [5, 5.41) is 4.21. The van der Waals surface area contributed by atoms with Gasteiger partial charge in [-0.25, -0.2) is 4.98 Å². The van der Waals surface area contributed by atoms with Gasteiger partial charge in [0.2, 0.25) is 0 Å². The van der Waals surface area contributed by atoms with E-state index in [1.165, 1.54) is 43.4 Å². The van der Waals surface area contributed by atoms with Gasteiger partial charge in [-0.05, 0) is 13.3 Å². The van der Waals surface area contributed by atoms with Crippen LogP contribution in [0.1, 0.15) is 57.2 Å². The smallest absolute Gasteiger partial charge is 0.182 e. The summed E-state index contributed by atoms with van der Waals surface area (Å²) in [6.45, 7) is 6.83. The van der Waals surface area contributed by atoms with Crippen molar-refractivity contribution in [2.45, 2.75) is 59.0 Å². The zero-order valence-electron chi connectivity index (χ0n) is 11.7. The van der Waals surface area contributed by atoms with E-state index in [1.807, 2.05) is 6.20 Å². The average Bonchev–Trinajstić information content (AvgIpc) is 2.81. The van der Waals surface area contributed by atoms with Gasteiger partial charge in [0.15, 0.2) is 5.13 Å². The zero-order chi connectivity index (χ0) is 13.1. The molecule has 1 aromatic rings. The van der Waals surface area contributed by atoms with E-state index < -0.39 is 0 Å². The number of rotatable bonds is 11. The van der Waals surface area contributed by atoms with Crippen molar-refractivity contribution in [1.29, 1.82) is 0 Å². The molecule has 18 heavy (non-hydrogen) atoms. The molecule has 0 aliphatic rings. The molecule has 1 rings (SSSR count). The van der Waals surface area contributed by atoms with Crippen molar-refractivity contribution in [3.8, 4) is 0 Å². The van der Waals surface area contributed by atoms with Crippen LogP contribution in [-0.2, 0) is 11.3 Å². The molecule has 0 saturated heterocycles. The number of nitrogens with zero attached hydrogens (tertiary/aromatic N) is 1. The maximum absolute atomic E-state index is 5.66. The first-order valence-electron chi connectivity index (χ1n) is 7.13. The quantitative estimate of drug-likeness (QED) is 0.603. The number of nitrogens with one attached hydrogen (secondary N) is 1. The van der Waals surface area contributed by atoms with Gasteiger partial charge >= 0.3 is 0 Å². The molecule has 0 atom stereocenters. The number of aromatic nitrogens is 1. The third-order valence-corrected chi connectivity index (χ3v) is 3.70. The Hall–Kier alpha value is -0.610. The van der Waals surface area contributed by atoms with Crippen LogP contribution in [0.3, 0.4) is 0 Å². The highest BCUT2D eigenvalue weighted by atomic mass is 32.1. The van der Waals surface area contributed by atoms with Gasteiger partial charge < -0.3 is 10.1 Å². The minimum atomic E-state index is 0.706. The van der Waals surface area contributed by atoms with E-state index in [1.54, 1.807) is 11.3 Å². The van der Waals surface area contributed by atoms with Crippen molar-refractivity contribution in [1.82, 2.24) is 4.98 Å². The number of anilines is 1. The fraction of sp³-hybridized carbons (Fsp3) is 0.786. The van der Waals surface area contributed by atoms with E-state index in [0.717, 1.165) is 18.3 Å². The lowest BCUT2D eigenvalue weighted by Crippen LogP contribution is -1.94. The predicted octanol–water partition coefficient (Wildman–Crippen LogP) is 4.45. The zero-order valence-corrected chi connectivity index (χ0v) is 12.5.